The summed E-state index contributed by atoms with van der Waals surface area (Å²) in [4.78, 5) is 0. The van der Waals surface area contributed by atoms with Crippen molar-refractivity contribution in [1.29, 1.82) is 0 Å². The van der Waals surface area contributed by atoms with Crippen LogP contribution in [0.3, 0.4) is 0 Å². The Hall–Kier alpha value is -0.120. The van der Waals surface area contributed by atoms with Crippen LogP contribution in [-0.4, -0.2) is 31.1 Å². The molecule has 0 unspecified atom stereocenters. The van der Waals surface area contributed by atoms with Gasteiger partial charge in [-0.05, 0) is 13.8 Å². The van der Waals surface area contributed by atoms with Gasteiger partial charge in [0.25, 0.3) is 0 Å². The zero-order valence-electron chi connectivity index (χ0n) is 6.39. The maximum Gasteiger partial charge on any atom is 0.163 e. The Balaban J connectivity index is 1.92. The minimum atomic E-state index is -0.352. The van der Waals surface area contributed by atoms with Crippen molar-refractivity contribution < 1.29 is 9.47 Å². The summed E-state index contributed by atoms with van der Waals surface area (Å²) in [7, 11) is 0. The molecule has 2 aliphatic heterocycles. The summed E-state index contributed by atoms with van der Waals surface area (Å²) >= 11 is 0. The number of nitrogens with one attached hydrogen (secondary N) is 1. The van der Waals surface area contributed by atoms with E-state index in [-0.39, 0.29) is 11.9 Å². The lowest BCUT2D eigenvalue weighted by atomic mass is 10.3. The minimum absolute atomic E-state index is 0.287. The first-order valence-electron chi connectivity index (χ1n) is 3.72. The first-order chi connectivity index (χ1) is 4.67. The van der Waals surface area contributed by atoms with Crippen LogP contribution in [0.4, 0.5) is 0 Å². The van der Waals surface area contributed by atoms with E-state index in [0.717, 1.165) is 13.2 Å². The second kappa shape index (κ2) is 1.94. The van der Waals surface area contributed by atoms with Gasteiger partial charge < -0.3 is 14.8 Å². The van der Waals surface area contributed by atoms with Crippen LogP contribution in [-0.2, 0) is 9.47 Å². The third kappa shape index (κ3) is 1.17. The Bertz CT molecular complexity index is 143. The van der Waals surface area contributed by atoms with E-state index in [2.05, 4.69) is 5.32 Å². The number of hydrogen-bond acceptors (Lipinski definition) is 3. The highest BCUT2D eigenvalue weighted by Gasteiger charge is 2.41. The van der Waals surface area contributed by atoms with E-state index >= 15 is 0 Å². The second-order valence-corrected chi connectivity index (χ2v) is 3.38. The van der Waals surface area contributed by atoms with Gasteiger partial charge in [-0.25, -0.2) is 0 Å². The lowest BCUT2D eigenvalue weighted by Crippen LogP contribution is -2.25. The fourth-order valence-electron chi connectivity index (χ4n) is 1.24. The highest BCUT2D eigenvalue weighted by atomic mass is 16.7. The van der Waals surface area contributed by atoms with Crippen molar-refractivity contribution in [2.45, 2.75) is 31.8 Å². The summed E-state index contributed by atoms with van der Waals surface area (Å²) in [6.45, 7) is 5.74. The summed E-state index contributed by atoms with van der Waals surface area (Å²) in [5.74, 6) is -0.352. The third-order valence-corrected chi connectivity index (χ3v) is 1.92. The third-order valence-electron chi connectivity index (χ3n) is 1.92. The van der Waals surface area contributed by atoms with E-state index in [0.29, 0.717) is 6.04 Å². The zero-order chi connectivity index (χ0) is 7.19. The van der Waals surface area contributed by atoms with Crippen molar-refractivity contribution in [3.63, 3.8) is 0 Å². The Morgan fingerprint density at radius 3 is 2.60 bits per heavy atom. The molecule has 0 radical (unpaired) electrons. The van der Waals surface area contributed by atoms with Crippen LogP contribution in [0, 0.1) is 0 Å². The largest absolute Gasteiger partial charge is 0.348 e. The molecule has 0 aromatic carbocycles. The second-order valence-electron chi connectivity index (χ2n) is 3.38. The normalized spacial score (nSPS) is 43.8. The van der Waals surface area contributed by atoms with Crippen molar-refractivity contribution in [3.05, 3.63) is 0 Å². The molecule has 2 fully saturated rings. The van der Waals surface area contributed by atoms with E-state index in [1.54, 1.807) is 0 Å². The maximum absolute atomic E-state index is 5.59. The average molecular weight is 143 g/mol. The van der Waals surface area contributed by atoms with E-state index < -0.39 is 0 Å². The summed E-state index contributed by atoms with van der Waals surface area (Å²) in [6.07, 6.45) is 0.287. The monoisotopic (exact) mass is 143 g/mol. The Kier molecular flexibility index (Phi) is 1.27. The molecular formula is C7H13NO2. The fourth-order valence-corrected chi connectivity index (χ4v) is 1.24. The zero-order valence-corrected chi connectivity index (χ0v) is 6.39. The predicted octanol–water partition coefficient (Wildman–Crippen LogP) is 0.110. The quantitative estimate of drug-likeness (QED) is 0.530. The lowest BCUT2D eigenvalue weighted by Gasteiger charge is -2.16. The van der Waals surface area contributed by atoms with Gasteiger partial charge in [0.1, 0.15) is 6.10 Å². The first-order valence-corrected chi connectivity index (χ1v) is 3.72. The Labute approximate surface area is 60.7 Å². The molecule has 2 saturated heterocycles. The van der Waals surface area contributed by atoms with E-state index in [1.165, 1.54) is 0 Å². The van der Waals surface area contributed by atoms with Crippen molar-refractivity contribution in [2.24, 2.45) is 0 Å². The van der Waals surface area contributed by atoms with Crippen molar-refractivity contribution in [2.75, 3.05) is 13.2 Å². The van der Waals surface area contributed by atoms with Gasteiger partial charge in [0.2, 0.25) is 0 Å². The highest BCUT2D eigenvalue weighted by Crippen LogP contribution is 2.26. The summed E-state index contributed by atoms with van der Waals surface area (Å²) in [6, 6.07) is 0.557. The molecule has 2 atom stereocenters. The molecule has 3 heteroatoms. The van der Waals surface area contributed by atoms with Gasteiger partial charge in [0, 0.05) is 12.6 Å². The molecule has 3 nitrogen and oxygen atoms in total. The molecule has 0 saturated carbocycles. The molecule has 2 rings (SSSR count). The number of hydrogen-bond donors (Lipinski definition) is 1. The molecular weight excluding hydrogens is 130 g/mol. The summed E-state index contributed by atoms with van der Waals surface area (Å²) < 4.78 is 11.0. The van der Waals surface area contributed by atoms with Crippen molar-refractivity contribution >= 4 is 0 Å². The Morgan fingerprint density at radius 2 is 2.20 bits per heavy atom. The molecule has 2 aliphatic rings. The SMILES string of the molecule is CC1(C)OC[C@@H]([C@H]2CN2)O1. The van der Waals surface area contributed by atoms with Crippen molar-refractivity contribution in [1.82, 2.24) is 5.32 Å². The maximum atomic E-state index is 5.59. The molecule has 0 aliphatic carbocycles. The number of ether oxygens (including phenoxy) is 2. The van der Waals surface area contributed by atoms with Gasteiger partial charge in [-0.15, -0.1) is 0 Å². The van der Waals surface area contributed by atoms with E-state index in [9.17, 15) is 0 Å². The van der Waals surface area contributed by atoms with Crippen LogP contribution in [0.25, 0.3) is 0 Å². The first kappa shape index (κ1) is 6.58. The molecule has 0 spiro atoms. The standard InChI is InChI=1S/C7H13NO2/c1-7(2)9-4-6(10-7)5-3-8-5/h5-6,8H,3-4H2,1-2H3/t5-,6+/m1/s1. The van der Waals surface area contributed by atoms with Crippen LogP contribution in [0.1, 0.15) is 13.8 Å². The van der Waals surface area contributed by atoms with Crippen LogP contribution < -0.4 is 5.32 Å². The fraction of sp³-hybridized carbons (Fsp3) is 1.00. The van der Waals surface area contributed by atoms with Gasteiger partial charge in [-0.2, -0.15) is 0 Å². The molecule has 2 heterocycles. The number of rotatable bonds is 1. The summed E-state index contributed by atoms with van der Waals surface area (Å²) in [5.41, 5.74) is 0. The van der Waals surface area contributed by atoms with Crippen LogP contribution >= 0.6 is 0 Å². The molecule has 0 amide bonds. The molecule has 0 aromatic rings. The molecule has 0 aromatic heterocycles. The molecule has 58 valence electrons. The smallest absolute Gasteiger partial charge is 0.163 e. The van der Waals surface area contributed by atoms with Crippen LogP contribution in [0.2, 0.25) is 0 Å². The van der Waals surface area contributed by atoms with E-state index in [1.807, 2.05) is 13.8 Å². The lowest BCUT2D eigenvalue weighted by molar-refractivity contribution is -0.138. The molecule has 0 bridgehead atoms. The molecule has 10 heavy (non-hydrogen) atoms. The van der Waals surface area contributed by atoms with Gasteiger partial charge in [-0.3, -0.25) is 0 Å². The van der Waals surface area contributed by atoms with Crippen molar-refractivity contribution in [3.8, 4) is 0 Å². The van der Waals surface area contributed by atoms with Gasteiger partial charge >= 0.3 is 0 Å². The van der Waals surface area contributed by atoms with Crippen LogP contribution in [0.15, 0.2) is 0 Å². The topological polar surface area (TPSA) is 40.4 Å². The van der Waals surface area contributed by atoms with Crippen LogP contribution in [0.5, 0.6) is 0 Å². The molecule has 1 N–H and O–H groups in total. The van der Waals surface area contributed by atoms with Gasteiger partial charge in [-0.1, -0.05) is 0 Å². The van der Waals surface area contributed by atoms with Gasteiger partial charge in [0.05, 0.1) is 6.61 Å². The van der Waals surface area contributed by atoms with Gasteiger partial charge in [0.15, 0.2) is 5.79 Å². The average Bonchev–Trinajstić information content (AvgIpc) is 2.59. The summed E-state index contributed by atoms with van der Waals surface area (Å²) in [5, 5.41) is 3.21. The highest BCUT2D eigenvalue weighted by molar-refractivity contribution is 4.94. The Morgan fingerprint density at radius 1 is 1.50 bits per heavy atom. The van der Waals surface area contributed by atoms with E-state index in [4.69, 9.17) is 9.47 Å². The predicted molar refractivity (Wildman–Crippen MR) is 36.7 cm³/mol. The minimum Gasteiger partial charge on any atom is -0.348 e.